The Bertz CT molecular complexity index is 770. The molecule has 1 amide bonds. The maximum atomic E-state index is 12.0. The number of ether oxygens (including phenoxy) is 1. The normalized spacial score (nSPS) is 11.6. The van der Waals surface area contributed by atoms with Gasteiger partial charge in [-0.05, 0) is 50.2 Å². The molecule has 2 rings (SSSR count). The molecule has 0 saturated heterocycles. The summed E-state index contributed by atoms with van der Waals surface area (Å²) in [7, 11) is 0. The first kappa shape index (κ1) is 19.1. The summed E-state index contributed by atoms with van der Waals surface area (Å²) in [5.41, 5.74) is 0.556. The lowest BCUT2D eigenvalue weighted by molar-refractivity contribution is -0.153. The van der Waals surface area contributed by atoms with E-state index in [0.29, 0.717) is 15.6 Å². The molecule has 1 aromatic carbocycles. The quantitative estimate of drug-likeness (QED) is 0.576. The molecule has 0 aliphatic carbocycles. The molecule has 0 unspecified atom stereocenters. The number of rotatable bonds is 7. The number of carbonyl (C=O) groups is 3. The van der Waals surface area contributed by atoms with Crippen molar-refractivity contribution in [2.75, 3.05) is 5.32 Å². The number of amides is 1. The number of halogens is 1. The number of benzene rings is 1. The Morgan fingerprint density at radius 2 is 1.80 bits per heavy atom. The summed E-state index contributed by atoms with van der Waals surface area (Å²) in [6, 6.07) is 10.2. The second-order valence-electron chi connectivity index (χ2n) is 5.46. The van der Waals surface area contributed by atoms with Gasteiger partial charge in [-0.15, -0.1) is 11.3 Å². The number of carbonyl (C=O) groups excluding carboxylic acids is 3. The maximum absolute atomic E-state index is 12.0. The van der Waals surface area contributed by atoms with Crippen LogP contribution in [0.5, 0.6) is 0 Å². The summed E-state index contributed by atoms with van der Waals surface area (Å²) in [6.07, 6.45) is -0.958. The monoisotopic (exact) mass is 379 g/mol. The number of hydrogen-bond donors (Lipinski definition) is 1. The molecule has 7 heteroatoms. The number of Topliss-reactive ketones (excluding diaryl/α,β-unsaturated/α-hetero) is 1. The first-order valence-corrected chi connectivity index (χ1v) is 8.90. The molecule has 0 aliphatic heterocycles. The van der Waals surface area contributed by atoms with Gasteiger partial charge in [0.1, 0.15) is 0 Å². The standard InChI is InChI=1S/C18H18ClNO4S/c1-11-3-9-16(25-11)15(21)8-10-17(22)24-12(2)18(23)20-14-6-4-13(19)5-7-14/h3-7,9,12H,8,10H2,1-2H3,(H,20,23)/t12-/m0/s1. The molecule has 1 aromatic heterocycles. The number of nitrogens with one attached hydrogen (secondary N) is 1. The lowest BCUT2D eigenvalue weighted by Crippen LogP contribution is -2.30. The highest BCUT2D eigenvalue weighted by molar-refractivity contribution is 7.14. The van der Waals surface area contributed by atoms with Gasteiger partial charge in [-0.1, -0.05) is 11.6 Å². The lowest BCUT2D eigenvalue weighted by Gasteiger charge is -2.13. The van der Waals surface area contributed by atoms with Gasteiger partial charge in [0.15, 0.2) is 11.9 Å². The van der Waals surface area contributed by atoms with Gasteiger partial charge in [0.05, 0.1) is 11.3 Å². The second kappa shape index (κ2) is 8.78. The topological polar surface area (TPSA) is 72.5 Å². The highest BCUT2D eigenvalue weighted by Crippen LogP contribution is 2.18. The zero-order valence-corrected chi connectivity index (χ0v) is 15.4. The van der Waals surface area contributed by atoms with E-state index in [2.05, 4.69) is 5.32 Å². The summed E-state index contributed by atoms with van der Waals surface area (Å²) in [5.74, 6) is -1.13. The highest BCUT2D eigenvalue weighted by atomic mass is 35.5. The van der Waals surface area contributed by atoms with Crippen LogP contribution in [0, 0.1) is 6.92 Å². The third kappa shape index (κ3) is 5.99. The minimum atomic E-state index is -0.956. The molecule has 0 fully saturated rings. The fraction of sp³-hybridized carbons (Fsp3) is 0.278. The van der Waals surface area contributed by atoms with E-state index in [9.17, 15) is 14.4 Å². The van der Waals surface area contributed by atoms with Gasteiger partial charge in [-0.3, -0.25) is 14.4 Å². The molecule has 132 valence electrons. The fourth-order valence-corrected chi connectivity index (χ4v) is 2.97. The Kier molecular flexibility index (Phi) is 6.73. The van der Waals surface area contributed by atoms with Crippen LogP contribution in [0.15, 0.2) is 36.4 Å². The Morgan fingerprint density at radius 1 is 1.12 bits per heavy atom. The van der Waals surface area contributed by atoms with Crippen LogP contribution in [0.1, 0.15) is 34.3 Å². The van der Waals surface area contributed by atoms with Crippen molar-refractivity contribution >= 4 is 46.3 Å². The van der Waals surface area contributed by atoms with Crippen LogP contribution in [-0.2, 0) is 14.3 Å². The van der Waals surface area contributed by atoms with E-state index >= 15 is 0 Å². The van der Waals surface area contributed by atoms with E-state index < -0.39 is 18.0 Å². The molecule has 0 radical (unpaired) electrons. The summed E-state index contributed by atoms with van der Waals surface area (Å²) in [4.78, 5) is 37.5. The second-order valence-corrected chi connectivity index (χ2v) is 7.19. The van der Waals surface area contributed by atoms with Crippen molar-refractivity contribution in [1.29, 1.82) is 0 Å². The van der Waals surface area contributed by atoms with Crippen LogP contribution in [0.3, 0.4) is 0 Å². The summed E-state index contributed by atoms with van der Waals surface area (Å²) in [5, 5.41) is 3.19. The molecule has 5 nitrogen and oxygen atoms in total. The molecule has 1 N–H and O–H groups in total. The molecular formula is C18H18ClNO4S. The number of hydrogen-bond acceptors (Lipinski definition) is 5. The van der Waals surface area contributed by atoms with Crippen LogP contribution in [0.25, 0.3) is 0 Å². The molecule has 2 aromatic rings. The van der Waals surface area contributed by atoms with Crippen LogP contribution in [-0.4, -0.2) is 23.8 Å². The zero-order valence-electron chi connectivity index (χ0n) is 13.9. The number of thiophene rings is 1. The zero-order chi connectivity index (χ0) is 18.4. The molecule has 1 atom stereocenters. The molecule has 0 saturated carbocycles. The van der Waals surface area contributed by atoms with Gasteiger partial charge < -0.3 is 10.1 Å². The number of esters is 1. The minimum Gasteiger partial charge on any atom is -0.453 e. The third-order valence-corrected chi connectivity index (χ3v) is 4.65. The molecule has 1 heterocycles. The minimum absolute atomic E-state index is 0.0598. The Labute approximate surface area is 154 Å². The SMILES string of the molecule is Cc1ccc(C(=O)CCC(=O)O[C@@H](C)C(=O)Nc2ccc(Cl)cc2)s1. The van der Waals surface area contributed by atoms with Gasteiger partial charge >= 0.3 is 5.97 Å². The van der Waals surface area contributed by atoms with Gasteiger partial charge in [0.25, 0.3) is 5.91 Å². The van der Waals surface area contributed by atoms with E-state index in [1.54, 1.807) is 30.3 Å². The number of anilines is 1. The van der Waals surface area contributed by atoms with Crippen molar-refractivity contribution in [2.45, 2.75) is 32.8 Å². The van der Waals surface area contributed by atoms with Gasteiger partial charge in [0, 0.05) is 22.0 Å². The largest absolute Gasteiger partial charge is 0.453 e. The Hall–Kier alpha value is -2.18. The van der Waals surface area contributed by atoms with E-state index in [4.69, 9.17) is 16.3 Å². The average Bonchev–Trinajstić information content (AvgIpc) is 3.01. The van der Waals surface area contributed by atoms with Crippen LogP contribution < -0.4 is 5.32 Å². The van der Waals surface area contributed by atoms with E-state index in [1.807, 2.05) is 13.0 Å². The Morgan fingerprint density at radius 3 is 2.40 bits per heavy atom. The molecule has 0 spiro atoms. The average molecular weight is 380 g/mol. The summed E-state index contributed by atoms with van der Waals surface area (Å²) in [6.45, 7) is 3.39. The van der Waals surface area contributed by atoms with Gasteiger partial charge in [-0.2, -0.15) is 0 Å². The Balaban J connectivity index is 1.78. The fourth-order valence-electron chi connectivity index (χ4n) is 2.01. The van der Waals surface area contributed by atoms with Gasteiger partial charge in [0.2, 0.25) is 0 Å². The van der Waals surface area contributed by atoms with E-state index in [0.717, 1.165) is 4.88 Å². The summed E-state index contributed by atoms with van der Waals surface area (Å²) < 4.78 is 5.07. The predicted molar refractivity (Wildman–Crippen MR) is 98.3 cm³/mol. The maximum Gasteiger partial charge on any atom is 0.307 e. The van der Waals surface area contributed by atoms with Crippen molar-refractivity contribution in [3.63, 3.8) is 0 Å². The van der Waals surface area contributed by atoms with Crippen molar-refractivity contribution < 1.29 is 19.1 Å². The molecular weight excluding hydrogens is 362 g/mol. The molecule has 0 aliphatic rings. The highest BCUT2D eigenvalue weighted by Gasteiger charge is 2.19. The van der Waals surface area contributed by atoms with Crippen molar-refractivity contribution in [1.82, 2.24) is 0 Å². The number of ketones is 1. The van der Waals surface area contributed by atoms with E-state index in [1.165, 1.54) is 18.3 Å². The van der Waals surface area contributed by atoms with Crippen LogP contribution in [0.4, 0.5) is 5.69 Å². The first-order chi connectivity index (χ1) is 11.8. The van der Waals surface area contributed by atoms with Crippen LogP contribution in [0.2, 0.25) is 5.02 Å². The van der Waals surface area contributed by atoms with Crippen molar-refractivity contribution in [3.05, 3.63) is 51.2 Å². The van der Waals surface area contributed by atoms with E-state index in [-0.39, 0.29) is 18.6 Å². The first-order valence-electron chi connectivity index (χ1n) is 7.70. The molecule has 0 bridgehead atoms. The smallest absolute Gasteiger partial charge is 0.307 e. The third-order valence-electron chi connectivity index (χ3n) is 3.36. The molecule has 25 heavy (non-hydrogen) atoms. The van der Waals surface area contributed by atoms with Gasteiger partial charge in [-0.25, -0.2) is 0 Å². The van der Waals surface area contributed by atoms with Crippen molar-refractivity contribution in [3.8, 4) is 0 Å². The number of aryl methyl sites for hydroxylation is 1. The van der Waals surface area contributed by atoms with Crippen molar-refractivity contribution in [2.24, 2.45) is 0 Å². The lowest BCUT2D eigenvalue weighted by atomic mass is 10.2. The van der Waals surface area contributed by atoms with Crippen LogP contribution >= 0.6 is 22.9 Å². The summed E-state index contributed by atoms with van der Waals surface area (Å²) >= 11 is 7.17. The predicted octanol–water partition coefficient (Wildman–Crippen LogP) is 4.24.